The number of sulfonamides is 1. The van der Waals surface area contributed by atoms with Crippen molar-refractivity contribution in [3.05, 3.63) is 54.1 Å². The molecule has 7 nitrogen and oxygen atoms in total. The summed E-state index contributed by atoms with van der Waals surface area (Å²) in [5, 5.41) is 3.97. The van der Waals surface area contributed by atoms with E-state index < -0.39 is 21.7 Å². The quantitative estimate of drug-likeness (QED) is 0.734. The molecular weight excluding hydrogens is 376 g/mol. The lowest BCUT2D eigenvalue weighted by Gasteiger charge is -2.24. The Hall–Kier alpha value is -2.59. The van der Waals surface area contributed by atoms with Crippen LogP contribution in [0.2, 0.25) is 0 Å². The van der Waals surface area contributed by atoms with Crippen LogP contribution in [0.5, 0.6) is 0 Å². The van der Waals surface area contributed by atoms with E-state index in [0.29, 0.717) is 25.1 Å². The van der Waals surface area contributed by atoms with Crippen LogP contribution < -0.4 is 4.72 Å². The lowest BCUT2D eigenvalue weighted by Crippen LogP contribution is -2.41. The van der Waals surface area contributed by atoms with Gasteiger partial charge in [-0.1, -0.05) is 0 Å². The number of fused-ring (bicyclic) bond motifs is 1. The summed E-state index contributed by atoms with van der Waals surface area (Å²) in [6, 6.07) is 4.46. The van der Waals surface area contributed by atoms with Crippen LogP contribution in [0.25, 0.3) is 11.3 Å². The molecule has 142 valence electrons. The van der Waals surface area contributed by atoms with Crippen molar-refractivity contribution in [3.8, 4) is 11.3 Å². The summed E-state index contributed by atoms with van der Waals surface area (Å²) in [5.41, 5.74) is 0.614. The Morgan fingerprint density at radius 2 is 2.07 bits per heavy atom. The topological polar surface area (TPSA) is 81.8 Å². The van der Waals surface area contributed by atoms with Crippen molar-refractivity contribution in [2.24, 2.45) is 7.05 Å². The Bertz CT molecular complexity index is 1110. The second-order valence-electron chi connectivity index (χ2n) is 6.47. The number of aryl methyl sites for hydroxylation is 2. The fourth-order valence-electron chi connectivity index (χ4n) is 3.27. The summed E-state index contributed by atoms with van der Waals surface area (Å²) in [7, 11) is -2.13. The van der Waals surface area contributed by atoms with E-state index >= 15 is 0 Å². The zero-order valence-electron chi connectivity index (χ0n) is 14.4. The standard InChI is InChI=1S/C17H17F2N5O2S/c1-23-17(6-7-20-23)27(25,26)22-12-3-5-16-21-15(10-24(16)9-12)13-4-2-11(18)8-14(13)19/h2,4,6-8,10,12,22H,3,5,9H2,1H3. The van der Waals surface area contributed by atoms with Crippen molar-refractivity contribution in [1.82, 2.24) is 24.1 Å². The van der Waals surface area contributed by atoms with Gasteiger partial charge >= 0.3 is 0 Å². The van der Waals surface area contributed by atoms with Crippen molar-refractivity contribution in [2.75, 3.05) is 0 Å². The molecule has 0 radical (unpaired) electrons. The Kier molecular flexibility index (Phi) is 4.31. The largest absolute Gasteiger partial charge is 0.333 e. The van der Waals surface area contributed by atoms with E-state index in [0.717, 1.165) is 11.9 Å². The molecule has 4 rings (SSSR count). The molecule has 1 aromatic carbocycles. The summed E-state index contributed by atoms with van der Waals surface area (Å²) < 4.78 is 57.9. The fraction of sp³-hybridized carbons (Fsp3) is 0.294. The lowest BCUT2D eigenvalue weighted by atomic mass is 10.1. The van der Waals surface area contributed by atoms with Gasteiger partial charge in [-0.2, -0.15) is 5.10 Å². The van der Waals surface area contributed by atoms with Crippen LogP contribution in [-0.4, -0.2) is 33.8 Å². The van der Waals surface area contributed by atoms with E-state index in [1.54, 1.807) is 17.8 Å². The van der Waals surface area contributed by atoms with Crippen LogP contribution in [0.1, 0.15) is 12.2 Å². The smallest absolute Gasteiger partial charge is 0.258 e. The summed E-state index contributed by atoms with van der Waals surface area (Å²) >= 11 is 0. The van der Waals surface area contributed by atoms with Crippen LogP contribution in [0.15, 0.2) is 41.7 Å². The molecular formula is C17H17F2N5O2S. The SMILES string of the molecule is Cn1nccc1S(=O)(=O)NC1CCc2nc(-c3ccc(F)cc3F)cn2C1. The molecule has 10 heteroatoms. The third-order valence-electron chi connectivity index (χ3n) is 4.57. The first-order valence-electron chi connectivity index (χ1n) is 8.35. The fourth-order valence-corrected chi connectivity index (χ4v) is 4.66. The zero-order valence-corrected chi connectivity index (χ0v) is 15.2. The molecule has 27 heavy (non-hydrogen) atoms. The minimum atomic E-state index is -3.69. The first-order chi connectivity index (χ1) is 12.8. The molecule has 1 atom stereocenters. The summed E-state index contributed by atoms with van der Waals surface area (Å²) in [6.45, 7) is 0.377. The summed E-state index contributed by atoms with van der Waals surface area (Å²) in [6.07, 6.45) is 4.20. The summed E-state index contributed by atoms with van der Waals surface area (Å²) in [4.78, 5) is 4.42. The highest BCUT2D eigenvalue weighted by Crippen LogP contribution is 2.26. The molecule has 0 amide bonds. The maximum atomic E-state index is 14.0. The number of imidazole rings is 1. The highest BCUT2D eigenvalue weighted by atomic mass is 32.2. The van der Waals surface area contributed by atoms with Gasteiger partial charge in [-0.3, -0.25) is 4.68 Å². The number of hydrogen-bond acceptors (Lipinski definition) is 4. The number of rotatable bonds is 4. The number of nitrogens with zero attached hydrogens (tertiary/aromatic N) is 4. The Labute approximate surface area is 154 Å². The Balaban J connectivity index is 1.56. The number of benzene rings is 1. The van der Waals surface area contributed by atoms with Gasteiger partial charge in [0.15, 0.2) is 5.03 Å². The van der Waals surface area contributed by atoms with Gasteiger partial charge in [0, 0.05) is 43.9 Å². The predicted molar refractivity (Wildman–Crippen MR) is 93.2 cm³/mol. The van der Waals surface area contributed by atoms with E-state index in [2.05, 4.69) is 14.8 Å². The number of aromatic nitrogens is 4. The molecule has 1 unspecified atom stereocenters. The summed E-state index contributed by atoms with van der Waals surface area (Å²) in [5.74, 6) is -0.589. The monoisotopic (exact) mass is 393 g/mol. The molecule has 2 aromatic heterocycles. The first kappa shape index (κ1) is 17.8. The van der Waals surface area contributed by atoms with E-state index in [4.69, 9.17) is 0 Å². The molecule has 0 saturated carbocycles. The Morgan fingerprint density at radius 1 is 1.26 bits per heavy atom. The molecule has 3 heterocycles. The van der Waals surface area contributed by atoms with Gasteiger partial charge in [0.2, 0.25) is 0 Å². The van der Waals surface area contributed by atoms with Crippen LogP contribution in [0, 0.1) is 11.6 Å². The average molecular weight is 393 g/mol. The van der Waals surface area contributed by atoms with Gasteiger partial charge in [0.05, 0.1) is 11.9 Å². The molecule has 0 bridgehead atoms. The highest BCUT2D eigenvalue weighted by molar-refractivity contribution is 7.89. The predicted octanol–water partition coefficient (Wildman–Crippen LogP) is 1.86. The van der Waals surface area contributed by atoms with Gasteiger partial charge in [0.25, 0.3) is 10.0 Å². The number of nitrogens with one attached hydrogen (secondary N) is 1. The minimum Gasteiger partial charge on any atom is -0.333 e. The molecule has 0 fully saturated rings. The molecule has 1 aliphatic heterocycles. The van der Waals surface area contributed by atoms with Crippen LogP contribution >= 0.6 is 0 Å². The van der Waals surface area contributed by atoms with Crippen molar-refractivity contribution in [3.63, 3.8) is 0 Å². The minimum absolute atomic E-state index is 0.0907. The number of halogens is 2. The second-order valence-corrected chi connectivity index (χ2v) is 8.13. The molecule has 1 N–H and O–H groups in total. The molecule has 0 saturated heterocycles. The van der Waals surface area contributed by atoms with Crippen molar-refractivity contribution in [2.45, 2.75) is 30.5 Å². The van der Waals surface area contributed by atoms with E-state index in [1.165, 1.54) is 29.1 Å². The van der Waals surface area contributed by atoms with Gasteiger partial charge in [-0.15, -0.1) is 0 Å². The van der Waals surface area contributed by atoms with Crippen molar-refractivity contribution < 1.29 is 17.2 Å². The maximum Gasteiger partial charge on any atom is 0.258 e. The molecule has 0 aliphatic carbocycles. The molecule has 1 aliphatic rings. The normalized spacial score (nSPS) is 17.1. The van der Waals surface area contributed by atoms with Gasteiger partial charge < -0.3 is 4.57 Å². The lowest BCUT2D eigenvalue weighted by molar-refractivity contribution is 0.419. The van der Waals surface area contributed by atoms with Gasteiger partial charge in [-0.25, -0.2) is 26.9 Å². The van der Waals surface area contributed by atoms with Crippen LogP contribution in [0.4, 0.5) is 8.78 Å². The zero-order chi connectivity index (χ0) is 19.2. The van der Waals surface area contributed by atoms with Gasteiger partial charge in [-0.05, 0) is 24.6 Å². The first-order valence-corrected chi connectivity index (χ1v) is 9.83. The van der Waals surface area contributed by atoms with Gasteiger partial charge in [0.1, 0.15) is 17.5 Å². The van der Waals surface area contributed by atoms with Crippen molar-refractivity contribution in [1.29, 1.82) is 0 Å². The van der Waals surface area contributed by atoms with E-state index in [-0.39, 0.29) is 16.6 Å². The van der Waals surface area contributed by atoms with E-state index in [1.807, 2.05) is 0 Å². The molecule has 3 aromatic rings. The van der Waals surface area contributed by atoms with E-state index in [9.17, 15) is 17.2 Å². The Morgan fingerprint density at radius 3 is 2.78 bits per heavy atom. The third-order valence-corrected chi connectivity index (χ3v) is 6.17. The highest BCUT2D eigenvalue weighted by Gasteiger charge is 2.27. The van der Waals surface area contributed by atoms with Crippen LogP contribution in [0.3, 0.4) is 0 Å². The maximum absolute atomic E-state index is 14.0. The second kappa shape index (κ2) is 6.54. The van der Waals surface area contributed by atoms with Crippen LogP contribution in [-0.2, 0) is 30.0 Å². The average Bonchev–Trinajstić information content (AvgIpc) is 3.20. The number of hydrogen-bond donors (Lipinski definition) is 1. The van der Waals surface area contributed by atoms with Crippen molar-refractivity contribution >= 4 is 10.0 Å². The third kappa shape index (κ3) is 3.37. The molecule has 0 spiro atoms.